The SMILES string of the molecule is CC1OCCC1CNc1nnnn1-c1ccccc1. The van der Waals surface area contributed by atoms with Crippen LogP contribution in [0, 0.1) is 5.92 Å². The second-order valence-corrected chi connectivity index (χ2v) is 4.76. The summed E-state index contributed by atoms with van der Waals surface area (Å²) in [5.74, 6) is 1.19. The molecule has 6 nitrogen and oxygen atoms in total. The van der Waals surface area contributed by atoms with Crippen LogP contribution in [0.1, 0.15) is 13.3 Å². The third kappa shape index (κ3) is 2.58. The summed E-state index contributed by atoms with van der Waals surface area (Å²) in [7, 11) is 0. The number of tetrazole rings is 1. The summed E-state index contributed by atoms with van der Waals surface area (Å²) in [6, 6.07) is 9.85. The molecule has 1 aliphatic rings. The third-order valence-electron chi connectivity index (χ3n) is 3.53. The highest BCUT2D eigenvalue weighted by Crippen LogP contribution is 2.21. The Morgan fingerprint density at radius 1 is 1.37 bits per heavy atom. The number of hydrogen-bond acceptors (Lipinski definition) is 5. The Morgan fingerprint density at radius 3 is 2.95 bits per heavy atom. The fourth-order valence-corrected chi connectivity index (χ4v) is 2.31. The summed E-state index contributed by atoms with van der Waals surface area (Å²) >= 11 is 0. The van der Waals surface area contributed by atoms with E-state index >= 15 is 0 Å². The Morgan fingerprint density at radius 2 is 2.21 bits per heavy atom. The molecule has 1 N–H and O–H groups in total. The topological polar surface area (TPSA) is 64.9 Å². The molecule has 1 aromatic heterocycles. The zero-order chi connectivity index (χ0) is 13.1. The van der Waals surface area contributed by atoms with Gasteiger partial charge in [-0.2, -0.15) is 4.68 Å². The van der Waals surface area contributed by atoms with E-state index in [1.807, 2.05) is 30.3 Å². The van der Waals surface area contributed by atoms with Crippen LogP contribution in [0.4, 0.5) is 5.95 Å². The first-order valence-corrected chi connectivity index (χ1v) is 6.54. The van der Waals surface area contributed by atoms with E-state index in [-0.39, 0.29) is 0 Å². The van der Waals surface area contributed by atoms with Crippen LogP contribution >= 0.6 is 0 Å². The van der Waals surface area contributed by atoms with Crippen LogP contribution in [0.2, 0.25) is 0 Å². The first-order chi connectivity index (χ1) is 9.34. The number of benzene rings is 1. The third-order valence-corrected chi connectivity index (χ3v) is 3.53. The number of nitrogens with one attached hydrogen (secondary N) is 1. The predicted octanol–water partition coefficient (Wildman–Crippen LogP) is 1.50. The van der Waals surface area contributed by atoms with Crippen LogP contribution in [0.15, 0.2) is 30.3 Å². The fourth-order valence-electron chi connectivity index (χ4n) is 2.31. The zero-order valence-corrected chi connectivity index (χ0v) is 10.9. The van der Waals surface area contributed by atoms with E-state index in [2.05, 4.69) is 27.8 Å². The molecule has 2 aromatic rings. The van der Waals surface area contributed by atoms with Crippen molar-refractivity contribution in [2.24, 2.45) is 5.92 Å². The highest BCUT2D eigenvalue weighted by Gasteiger charge is 2.24. The molecule has 0 saturated carbocycles. The van der Waals surface area contributed by atoms with Gasteiger partial charge in [-0.25, -0.2) is 0 Å². The maximum absolute atomic E-state index is 5.55. The van der Waals surface area contributed by atoms with Gasteiger partial charge in [0.25, 0.3) is 0 Å². The minimum absolute atomic E-state index is 0.300. The van der Waals surface area contributed by atoms with Crippen molar-refractivity contribution in [2.45, 2.75) is 19.4 Å². The van der Waals surface area contributed by atoms with E-state index in [1.165, 1.54) is 0 Å². The van der Waals surface area contributed by atoms with Crippen molar-refractivity contribution >= 4 is 5.95 Å². The van der Waals surface area contributed by atoms with Crippen molar-refractivity contribution in [1.29, 1.82) is 0 Å². The second-order valence-electron chi connectivity index (χ2n) is 4.76. The van der Waals surface area contributed by atoms with Gasteiger partial charge in [0.1, 0.15) is 0 Å². The van der Waals surface area contributed by atoms with Crippen LogP contribution < -0.4 is 5.32 Å². The molecule has 0 spiro atoms. The van der Waals surface area contributed by atoms with E-state index in [0.29, 0.717) is 18.0 Å². The molecule has 0 bridgehead atoms. The number of rotatable bonds is 4. The quantitative estimate of drug-likeness (QED) is 0.901. The summed E-state index contributed by atoms with van der Waals surface area (Å²) in [6.45, 7) is 3.78. The van der Waals surface area contributed by atoms with Crippen LogP contribution in [-0.4, -0.2) is 39.5 Å². The van der Waals surface area contributed by atoms with Gasteiger partial charge in [-0.15, -0.1) is 0 Å². The molecule has 1 fully saturated rings. The number of hydrogen-bond donors (Lipinski definition) is 1. The summed E-state index contributed by atoms with van der Waals surface area (Å²) in [4.78, 5) is 0. The van der Waals surface area contributed by atoms with Crippen molar-refractivity contribution in [1.82, 2.24) is 20.2 Å². The Balaban J connectivity index is 1.71. The molecule has 1 aliphatic heterocycles. The number of aromatic nitrogens is 4. The molecule has 0 radical (unpaired) electrons. The molecular weight excluding hydrogens is 242 g/mol. The first kappa shape index (κ1) is 12.1. The lowest BCUT2D eigenvalue weighted by molar-refractivity contribution is 0.108. The lowest BCUT2D eigenvalue weighted by Crippen LogP contribution is -2.22. The number of para-hydroxylation sites is 1. The largest absolute Gasteiger partial charge is 0.378 e. The second kappa shape index (κ2) is 5.36. The lowest BCUT2D eigenvalue weighted by Gasteiger charge is -2.14. The van der Waals surface area contributed by atoms with Crippen LogP contribution in [0.5, 0.6) is 0 Å². The monoisotopic (exact) mass is 259 g/mol. The van der Waals surface area contributed by atoms with Gasteiger partial charge in [-0.05, 0) is 35.9 Å². The van der Waals surface area contributed by atoms with E-state index in [4.69, 9.17) is 4.74 Å². The summed E-state index contributed by atoms with van der Waals surface area (Å²) in [5.41, 5.74) is 0.950. The van der Waals surface area contributed by atoms with Crippen LogP contribution in [-0.2, 0) is 4.74 Å². The Labute approximate surface area is 111 Å². The van der Waals surface area contributed by atoms with E-state index < -0.39 is 0 Å². The van der Waals surface area contributed by atoms with Crippen molar-refractivity contribution in [2.75, 3.05) is 18.5 Å². The van der Waals surface area contributed by atoms with Gasteiger partial charge >= 0.3 is 0 Å². The minimum atomic E-state index is 0.300. The van der Waals surface area contributed by atoms with E-state index in [1.54, 1.807) is 4.68 Å². The van der Waals surface area contributed by atoms with Crippen molar-refractivity contribution in [3.63, 3.8) is 0 Å². The average molecular weight is 259 g/mol. The van der Waals surface area contributed by atoms with Gasteiger partial charge in [-0.3, -0.25) is 0 Å². The van der Waals surface area contributed by atoms with Gasteiger partial charge in [0, 0.05) is 19.1 Å². The fraction of sp³-hybridized carbons (Fsp3) is 0.462. The molecule has 19 heavy (non-hydrogen) atoms. The molecule has 1 aromatic carbocycles. The van der Waals surface area contributed by atoms with Gasteiger partial charge in [0.15, 0.2) is 0 Å². The van der Waals surface area contributed by atoms with Crippen LogP contribution in [0.25, 0.3) is 5.69 Å². The molecule has 2 heterocycles. The Bertz CT molecular complexity index is 527. The van der Waals surface area contributed by atoms with Crippen molar-refractivity contribution in [3.8, 4) is 5.69 Å². The van der Waals surface area contributed by atoms with E-state index in [9.17, 15) is 0 Å². The summed E-state index contributed by atoms with van der Waals surface area (Å²) < 4.78 is 7.26. The number of anilines is 1. The lowest BCUT2D eigenvalue weighted by atomic mass is 10.0. The standard InChI is InChI=1S/C13H17N5O/c1-10-11(7-8-19-10)9-14-13-15-16-17-18(13)12-5-3-2-4-6-12/h2-6,10-11H,7-9H2,1H3,(H,14,15,17). The number of nitrogens with zero attached hydrogens (tertiary/aromatic N) is 4. The number of ether oxygens (including phenoxy) is 1. The van der Waals surface area contributed by atoms with Crippen LogP contribution in [0.3, 0.4) is 0 Å². The van der Waals surface area contributed by atoms with Gasteiger partial charge in [-0.1, -0.05) is 23.3 Å². The Hall–Kier alpha value is -1.95. The molecule has 100 valence electrons. The maximum atomic E-state index is 5.55. The highest BCUT2D eigenvalue weighted by atomic mass is 16.5. The molecule has 0 amide bonds. The van der Waals surface area contributed by atoms with Crippen molar-refractivity contribution < 1.29 is 4.74 Å². The highest BCUT2D eigenvalue weighted by molar-refractivity contribution is 5.38. The van der Waals surface area contributed by atoms with Gasteiger partial charge in [0.2, 0.25) is 5.95 Å². The smallest absolute Gasteiger partial charge is 0.247 e. The van der Waals surface area contributed by atoms with Gasteiger partial charge < -0.3 is 10.1 Å². The summed E-state index contributed by atoms with van der Waals surface area (Å²) in [6.07, 6.45) is 1.38. The molecule has 6 heteroatoms. The molecule has 2 atom stereocenters. The maximum Gasteiger partial charge on any atom is 0.247 e. The Kier molecular flexibility index (Phi) is 3.41. The van der Waals surface area contributed by atoms with Crippen molar-refractivity contribution in [3.05, 3.63) is 30.3 Å². The predicted molar refractivity (Wildman–Crippen MR) is 71.2 cm³/mol. The average Bonchev–Trinajstić information content (AvgIpc) is 3.06. The van der Waals surface area contributed by atoms with E-state index in [0.717, 1.165) is 25.3 Å². The molecular formula is C13H17N5O. The minimum Gasteiger partial charge on any atom is -0.378 e. The normalized spacial score (nSPS) is 22.6. The zero-order valence-electron chi connectivity index (χ0n) is 10.9. The molecule has 0 aliphatic carbocycles. The summed E-state index contributed by atoms with van der Waals surface area (Å²) in [5, 5.41) is 15.1. The van der Waals surface area contributed by atoms with Gasteiger partial charge in [0.05, 0.1) is 11.8 Å². The molecule has 1 saturated heterocycles. The first-order valence-electron chi connectivity index (χ1n) is 6.54. The molecule has 3 rings (SSSR count). The molecule has 2 unspecified atom stereocenters.